The summed E-state index contributed by atoms with van der Waals surface area (Å²) in [6.07, 6.45) is 6.04. The van der Waals surface area contributed by atoms with Crippen molar-refractivity contribution < 1.29 is 14.3 Å². The van der Waals surface area contributed by atoms with Crippen molar-refractivity contribution in [2.24, 2.45) is 0 Å². The lowest BCUT2D eigenvalue weighted by atomic mass is 10.2. The molecule has 3 rings (SSSR count). The topological polar surface area (TPSA) is 65.4 Å². The third-order valence-electron chi connectivity index (χ3n) is 4.67. The molecule has 1 amide bonds. The molecule has 2 aromatic carbocycles. The van der Waals surface area contributed by atoms with Gasteiger partial charge in [0.05, 0.1) is 31.3 Å². The number of benzene rings is 2. The average molecular weight is 405 g/mol. The first-order valence-electron chi connectivity index (χ1n) is 9.94. The van der Waals surface area contributed by atoms with Gasteiger partial charge in [-0.1, -0.05) is 36.9 Å². The fraction of sp³-hybridized carbons (Fsp3) is 0.250. The third kappa shape index (κ3) is 5.08. The second kappa shape index (κ2) is 10.3. The summed E-state index contributed by atoms with van der Waals surface area (Å²) >= 11 is 0. The molecule has 6 heteroatoms. The van der Waals surface area contributed by atoms with Gasteiger partial charge in [0.1, 0.15) is 5.82 Å². The number of rotatable bonds is 10. The van der Waals surface area contributed by atoms with Crippen LogP contribution in [0, 0.1) is 0 Å². The van der Waals surface area contributed by atoms with E-state index in [9.17, 15) is 4.79 Å². The van der Waals surface area contributed by atoms with E-state index in [1.54, 1.807) is 7.11 Å². The number of aromatic nitrogens is 2. The zero-order valence-corrected chi connectivity index (χ0v) is 17.4. The summed E-state index contributed by atoms with van der Waals surface area (Å²) in [6.45, 7) is 7.07. The molecule has 156 valence electrons. The first-order valence-corrected chi connectivity index (χ1v) is 9.94. The number of hydrogen-bond acceptors (Lipinski definition) is 4. The highest BCUT2D eigenvalue weighted by atomic mass is 16.5. The maximum atomic E-state index is 11.6. The smallest absolute Gasteiger partial charge is 0.243 e. The molecule has 0 fully saturated rings. The molecule has 1 heterocycles. The average Bonchev–Trinajstić information content (AvgIpc) is 3.13. The molecule has 0 saturated heterocycles. The molecule has 6 nitrogen and oxygen atoms in total. The number of nitrogens with one attached hydrogen (secondary N) is 1. The Hall–Kier alpha value is -3.54. The van der Waals surface area contributed by atoms with E-state index in [2.05, 4.69) is 21.4 Å². The van der Waals surface area contributed by atoms with Gasteiger partial charge >= 0.3 is 0 Å². The molecule has 0 atom stereocenters. The van der Waals surface area contributed by atoms with E-state index in [1.165, 1.54) is 6.08 Å². The van der Waals surface area contributed by atoms with Crippen LogP contribution in [0.5, 0.6) is 11.5 Å². The number of imidazole rings is 1. The standard InChI is InChI=1S/C24H27N3O3/c1-4-9-18-12-13-21(22(16-18)29-3)30-15-8-14-27-20-11-7-6-10-19(20)26-23(27)17-25-24(28)5-2/h4-7,9-13,16H,2,8,14-15,17H2,1,3H3,(H,25,28)/b9-4+. The molecule has 3 aromatic rings. The van der Waals surface area contributed by atoms with E-state index in [0.29, 0.717) is 18.9 Å². The van der Waals surface area contributed by atoms with Gasteiger partial charge in [-0.3, -0.25) is 4.79 Å². The van der Waals surface area contributed by atoms with Crippen molar-refractivity contribution >= 4 is 23.0 Å². The molecule has 0 aliphatic carbocycles. The van der Waals surface area contributed by atoms with Crippen molar-refractivity contribution in [2.75, 3.05) is 13.7 Å². The summed E-state index contributed by atoms with van der Waals surface area (Å²) < 4.78 is 13.5. The normalized spacial score (nSPS) is 11.0. The third-order valence-corrected chi connectivity index (χ3v) is 4.67. The fourth-order valence-corrected chi connectivity index (χ4v) is 3.25. The number of nitrogens with zero attached hydrogens (tertiary/aromatic N) is 2. The molecule has 1 N–H and O–H groups in total. The van der Waals surface area contributed by atoms with E-state index in [0.717, 1.165) is 41.1 Å². The van der Waals surface area contributed by atoms with Gasteiger partial charge in [-0.15, -0.1) is 0 Å². The number of hydrogen-bond donors (Lipinski definition) is 1. The maximum absolute atomic E-state index is 11.6. The molecule has 0 aliphatic heterocycles. The summed E-state index contributed by atoms with van der Waals surface area (Å²) in [6, 6.07) is 13.8. The van der Waals surface area contributed by atoms with Crippen LogP contribution in [0.4, 0.5) is 0 Å². The fourth-order valence-electron chi connectivity index (χ4n) is 3.25. The molecule has 0 spiro atoms. The molecule has 0 saturated carbocycles. The first kappa shape index (κ1) is 21.2. The highest BCUT2D eigenvalue weighted by molar-refractivity contribution is 5.86. The number of fused-ring (bicyclic) bond motifs is 1. The van der Waals surface area contributed by atoms with Crippen LogP contribution in [0.25, 0.3) is 17.1 Å². The Morgan fingerprint density at radius 2 is 2.07 bits per heavy atom. The molecule has 0 radical (unpaired) electrons. The van der Waals surface area contributed by atoms with Crippen LogP contribution >= 0.6 is 0 Å². The molecule has 0 aliphatic rings. The van der Waals surface area contributed by atoms with Crippen molar-refractivity contribution in [1.82, 2.24) is 14.9 Å². The van der Waals surface area contributed by atoms with Crippen molar-refractivity contribution in [2.45, 2.75) is 26.4 Å². The van der Waals surface area contributed by atoms with Gasteiger partial charge in [0, 0.05) is 6.54 Å². The van der Waals surface area contributed by atoms with Crippen molar-refractivity contribution in [1.29, 1.82) is 0 Å². The van der Waals surface area contributed by atoms with Gasteiger partial charge < -0.3 is 19.4 Å². The zero-order valence-electron chi connectivity index (χ0n) is 17.4. The SMILES string of the molecule is C=CC(=O)NCc1nc2ccccc2n1CCCOc1ccc(/C=C/C)cc1OC. The van der Waals surface area contributed by atoms with Crippen LogP contribution in [0.1, 0.15) is 24.7 Å². The summed E-state index contributed by atoms with van der Waals surface area (Å²) in [5.41, 5.74) is 3.01. The molecular formula is C24H27N3O3. The summed E-state index contributed by atoms with van der Waals surface area (Å²) in [5.74, 6) is 2.02. The van der Waals surface area contributed by atoms with Crippen LogP contribution in [0.15, 0.2) is 61.2 Å². The Balaban J connectivity index is 1.67. The lowest BCUT2D eigenvalue weighted by Crippen LogP contribution is -2.22. The molecule has 0 unspecified atom stereocenters. The Bertz CT molecular complexity index is 1050. The number of amides is 1. The highest BCUT2D eigenvalue weighted by Crippen LogP contribution is 2.28. The second-order valence-electron chi connectivity index (χ2n) is 6.70. The number of methoxy groups -OCH3 is 1. The Morgan fingerprint density at radius 1 is 1.23 bits per heavy atom. The van der Waals surface area contributed by atoms with Gasteiger partial charge in [-0.2, -0.15) is 0 Å². The number of allylic oxidation sites excluding steroid dienone is 1. The van der Waals surface area contributed by atoms with Crippen molar-refractivity contribution in [3.05, 3.63) is 72.6 Å². The minimum atomic E-state index is -0.217. The van der Waals surface area contributed by atoms with E-state index < -0.39 is 0 Å². The monoisotopic (exact) mass is 405 g/mol. The second-order valence-corrected chi connectivity index (χ2v) is 6.70. The molecule has 1 aromatic heterocycles. The number of ether oxygens (including phenoxy) is 2. The van der Waals surface area contributed by atoms with Crippen molar-refractivity contribution in [3.63, 3.8) is 0 Å². The lowest BCUT2D eigenvalue weighted by Gasteiger charge is -2.13. The minimum absolute atomic E-state index is 0.217. The quantitative estimate of drug-likeness (QED) is 0.402. The Kier molecular flexibility index (Phi) is 7.27. The Labute approximate surface area is 176 Å². The van der Waals surface area contributed by atoms with Crippen LogP contribution in [-0.4, -0.2) is 29.2 Å². The Morgan fingerprint density at radius 3 is 2.83 bits per heavy atom. The van der Waals surface area contributed by atoms with E-state index in [4.69, 9.17) is 9.47 Å². The summed E-state index contributed by atoms with van der Waals surface area (Å²) in [5, 5.41) is 2.80. The summed E-state index contributed by atoms with van der Waals surface area (Å²) in [4.78, 5) is 16.2. The van der Waals surface area contributed by atoms with Crippen molar-refractivity contribution in [3.8, 4) is 11.5 Å². The lowest BCUT2D eigenvalue weighted by molar-refractivity contribution is -0.116. The first-order chi connectivity index (χ1) is 14.7. The van der Waals surface area contributed by atoms with Gasteiger partial charge in [0.2, 0.25) is 5.91 Å². The van der Waals surface area contributed by atoms with Gasteiger partial charge in [-0.05, 0) is 49.2 Å². The van der Waals surface area contributed by atoms with Crippen LogP contribution in [0.2, 0.25) is 0 Å². The number of carbonyl (C=O) groups excluding carboxylic acids is 1. The van der Waals surface area contributed by atoms with Gasteiger partial charge in [-0.25, -0.2) is 4.98 Å². The van der Waals surface area contributed by atoms with E-state index in [-0.39, 0.29) is 5.91 Å². The van der Waals surface area contributed by atoms with Gasteiger partial charge in [0.25, 0.3) is 0 Å². The highest BCUT2D eigenvalue weighted by Gasteiger charge is 2.11. The molecule has 30 heavy (non-hydrogen) atoms. The zero-order chi connectivity index (χ0) is 21.3. The number of carbonyl (C=O) groups is 1. The summed E-state index contributed by atoms with van der Waals surface area (Å²) in [7, 11) is 1.64. The van der Waals surface area contributed by atoms with Crippen LogP contribution < -0.4 is 14.8 Å². The predicted octanol–water partition coefficient (Wildman–Crippen LogP) is 4.35. The largest absolute Gasteiger partial charge is 0.493 e. The number of para-hydroxylation sites is 2. The molecular weight excluding hydrogens is 378 g/mol. The van der Waals surface area contributed by atoms with Gasteiger partial charge in [0.15, 0.2) is 11.5 Å². The maximum Gasteiger partial charge on any atom is 0.243 e. The van der Waals surface area contributed by atoms with E-state index >= 15 is 0 Å². The predicted molar refractivity (Wildman–Crippen MR) is 120 cm³/mol. The minimum Gasteiger partial charge on any atom is -0.493 e. The van der Waals surface area contributed by atoms with E-state index in [1.807, 2.05) is 61.5 Å². The van der Waals surface area contributed by atoms with Crippen LogP contribution in [-0.2, 0) is 17.9 Å². The van der Waals surface area contributed by atoms with Crippen LogP contribution in [0.3, 0.4) is 0 Å². The number of aryl methyl sites for hydroxylation is 1. The molecule has 0 bridgehead atoms.